The Hall–Kier alpha value is -2.99. The number of hydrogen-bond donors (Lipinski definition) is 0. The van der Waals surface area contributed by atoms with Crippen molar-refractivity contribution in [3.8, 4) is 11.5 Å². The van der Waals surface area contributed by atoms with E-state index in [2.05, 4.69) is 9.88 Å². The first kappa shape index (κ1) is 23.7. The van der Waals surface area contributed by atoms with Gasteiger partial charge in [-0.1, -0.05) is 23.5 Å². The van der Waals surface area contributed by atoms with Gasteiger partial charge in [0.05, 0.1) is 22.8 Å². The molecule has 1 saturated heterocycles. The van der Waals surface area contributed by atoms with Crippen molar-refractivity contribution in [2.75, 3.05) is 57.3 Å². The third-order valence-corrected chi connectivity index (χ3v) is 8.00. The Bertz CT molecular complexity index is 1380. The first-order valence-electron chi connectivity index (χ1n) is 11.2. The van der Waals surface area contributed by atoms with Crippen LogP contribution < -0.4 is 14.4 Å². The van der Waals surface area contributed by atoms with E-state index in [1.54, 1.807) is 23.1 Å². The Labute approximate surface area is 207 Å². The summed E-state index contributed by atoms with van der Waals surface area (Å²) in [6.45, 7) is 4.18. The molecule has 5 rings (SSSR count). The number of sulfone groups is 1. The lowest BCUT2D eigenvalue weighted by Gasteiger charge is -2.28. The van der Waals surface area contributed by atoms with Crippen molar-refractivity contribution < 1.29 is 27.4 Å². The molecular weight excluding hydrogens is 490 g/mol. The number of anilines is 1. The van der Waals surface area contributed by atoms with Crippen molar-refractivity contribution in [1.29, 1.82) is 0 Å². The lowest BCUT2D eigenvalue weighted by atomic mass is 10.2. The van der Waals surface area contributed by atoms with Crippen LogP contribution in [0.25, 0.3) is 16.3 Å². The highest BCUT2D eigenvalue weighted by Gasteiger charge is 2.23. The summed E-state index contributed by atoms with van der Waals surface area (Å²) >= 11 is 1.30. The average Bonchev–Trinajstić information content (AvgIpc) is 3.49. The number of aromatic nitrogens is 1. The number of hydrogen-bond acceptors (Lipinski definition) is 9. The summed E-state index contributed by atoms with van der Waals surface area (Å²) in [6, 6.07) is 10.5. The fourth-order valence-corrected chi connectivity index (χ4v) is 5.89. The summed E-state index contributed by atoms with van der Waals surface area (Å²) in [5, 5.41) is 0.463. The smallest absolute Gasteiger partial charge is 0.252 e. The van der Waals surface area contributed by atoms with Crippen molar-refractivity contribution in [2.24, 2.45) is 0 Å². The van der Waals surface area contributed by atoms with E-state index in [-0.39, 0.29) is 17.6 Å². The van der Waals surface area contributed by atoms with Gasteiger partial charge in [0.1, 0.15) is 5.52 Å². The Morgan fingerprint density at radius 1 is 1.17 bits per heavy atom. The highest BCUT2D eigenvalue weighted by molar-refractivity contribution is 7.91. The molecule has 3 heterocycles. The fraction of sp³-hybridized carbons (Fsp3) is 0.333. The maximum absolute atomic E-state index is 13.4. The van der Waals surface area contributed by atoms with Crippen LogP contribution in [0.2, 0.25) is 0 Å². The number of benzene rings is 2. The summed E-state index contributed by atoms with van der Waals surface area (Å²) in [4.78, 5) is 22.0. The summed E-state index contributed by atoms with van der Waals surface area (Å²) < 4.78 is 41.4. The lowest BCUT2D eigenvalue weighted by molar-refractivity contribution is -0.114. The Kier molecular flexibility index (Phi) is 6.74. The van der Waals surface area contributed by atoms with Crippen LogP contribution in [0, 0.1) is 0 Å². The number of carbonyl (C=O) groups is 1. The van der Waals surface area contributed by atoms with E-state index >= 15 is 0 Å². The van der Waals surface area contributed by atoms with Crippen LogP contribution in [0.5, 0.6) is 11.5 Å². The maximum atomic E-state index is 13.4. The minimum absolute atomic E-state index is 0.161. The molecule has 0 spiro atoms. The summed E-state index contributed by atoms with van der Waals surface area (Å²) in [5.74, 6) is 1.08. The first-order chi connectivity index (χ1) is 16.9. The molecule has 1 amide bonds. The number of amides is 1. The zero-order valence-corrected chi connectivity index (χ0v) is 20.8. The monoisotopic (exact) mass is 515 g/mol. The van der Waals surface area contributed by atoms with E-state index < -0.39 is 9.84 Å². The standard InChI is InChI=1S/C24H25N3O6S2/c1-35(29,30)21-4-2-3-20-23(21)25-24(34-20)27(10-9-26-11-13-31-14-12-26)22(28)8-6-17-5-7-18-19(15-17)33-16-32-18/h2-8,15H,9-14,16H2,1H3. The molecule has 2 aromatic carbocycles. The highest BCUT2D eigenvalue weighted by Crippen LogP contribution is 2.34. The van der Waals surface area contributed by atoms with Crippen LogP contribution in [0.15, 0.2) is 47.4 Å². The van der Waals surface area contributed by atoms with E-state index in [0.29, 0.717) is 53.2 Å². The molecule has 0 N–H and O–H groups in total. The zero-order chi connectivity index (χ0) is 24.4. The van der Waals surface area contributed by atoms with Gasteiger partial charge in [-0.25, -0.2) is 13.4 Å². The molecule has 11 heteroatoms. The number of morpholine rings is 1. The minimum atomic E-state index is -3.46. The molecule has 35 heavy (non-hydrogen) atoms. The molecule has 1 fully saturated rings. The van der Waals surface area contributed by atoms with Crippen molar-refractivity contribution in [2.45, 2.75) is 4.90 Å². The second-order valence-electron chi connectivity index (χ2n) is 8.26. The van der Waals surface area contributed by atoms with Gasteiger partial charge in [-0.3, -0.25) is 14.6 Å². The number of thiazole rings is 1. The number of rotatable bonds is 7. The second-order valence-corrected chi connectivity index (χ2v) is 11.3. The molecule has 1 aromatic heterocycles. The predicted octanol–water partition coefficient (Wildman–Crippen LogP) is 2.81. The third kappa shape index (κ3) is 5.32. The maximum Gasteiger partial charge on any atom is 0.252 e. The van der Waals surface area contributed by atoms with E-state index in [1.807, 2.05) is 24.3 Å². The summed E-state index contributed by atoms with van der Waals surface area (Å²) in [5.41, 5.74) is 1.19. The number of para-hydroxylation sites is 1. The average molecular weight is 516 g/mol. The topological polar surface area (TPSA) is 98.3 Å². The van der Waals surface area contributed by atoms with Crippen molar-refractivity contribution in [3.05, 3.63) is 48.0 Å². The summed E-state index contributed by atoms with van der Waals surface area (Å²) in [6.07, 6.45) is 4.39. The number of ether oxygens (including phenoxy) is 3. The highest BCUT2D eigenvalue weighted by atomic mass is 32.2. The lowest BCUT2D eigenvalue weighted by Crippen LogP contribution is -2.42. The molecule has 0 aliphatic carbocycles. The molecular formula is C24H25N3O6S2. The molecule has 0 radical (unpaired) electrons. The molecule has 0 bridgehead atoms. The van der Waals surface area contributed by atoms with Crippen molar-refractivity contribution in [3.63, 3.8) is 0 Å². The first-order valence-corrected chi connectivity index (χ1v) is 13.9. The molecule has 184 valence electrons. The van der Waals surface area contributed by atoms with E-state index in [0.717, 1.165) is 24.9 Å². The third-order valence-electron chi connectivity index (χ3n) is 5.83. The Morgan fingerprint density at radius 2 is 1.97 bits per heavy atom. The van der Waals surface area contributed by atoms with Crippen LogP contribution in [0.1, 0.15) is 5.56 Å². The predicted molar refractivity (Wildman–Crippen MR) is 134 cm³/mol. The zero-order valence-electron chi connectivity index (χ0n) is 19.2. The van der Waals surface area contributed by atoms with Crippen molar-refractivity contribution >= 4 is 48.5 Å². The molecule has 0 unspecified atom stereocenters. The molecule has 0 atom stereocenters. The number of fused-ring (bicyclic) bond motifs is 2. The van der Waals surface area contributed by atoms with Gasteiger partial charge < -0.3 is 14.2 Å². The second kappa shape index (κ2) is 9.94. The molecule has 2 aliphatic heterocycles. The van der Waals surface area contributed by atoms with Gasteiger partial charge in [0.25, 0.3) is 5.91 Å². The molecule has 9 nitrogen and oxygen atoms in total. The van der Waals surface area contributed by atoms with Crippen LogP contribution in [0.3, 0.4) is 0 Å². The number of nitrogens with zero attached hydrogens (tertiary/aromatic N) is 3. The van der Waals surface area contributed by atoms with Gasteiger partial charge in [-0.15, -0.1) is 0 Å². The SMILES string of the molecule is CS(=O)(=O)c1cccc2sc(N(CCN3CCOCC3)C(=O)C=Cc3ccc4c(c3)OCO4)nc12. The molecule has 0 saturated carbocycles. The summed E-state index contributed by atoms with van der Waals surface area (Å²) in [7, 11) is -3.46. The Balaban J connectivity index is 1.43. The largest absolute Gasteiger partial charge is 0.454 e. The van der Waals surface area contributed by atoms with E-state index in [9.17, 15) is 13.2 Å². The van der Waals surface area contributed by atoms with Crippen LogP contribution >= 0.6 is 11.3 Å². The van der Waals surface area contributed by atoms with Gasteiger partial charge in [-0.2, -0.15) is 0 Å². The van der Waals surface area contributed by atoms with Crippen molar-refractivity contribution in [1.82, 2.24) is 9.88 Å². The van der Waals surface area contributed by atoms with Gasteiger partial charge in [0.15, 0.2) is 26.5 Å². The molecule has 2 aliphatic rings. The van der Waals surface area contributed by atoms with E-state index in [1.165, 1.54) is 17.4 Å². The Morgan fingerprint density at radius 3 is 2.77 bits per heavy atom. The fourth-order valence-electron chi connectivity index (χ4n) is 3.97. The van der Waals surface area contributed by atoms with Crippen LogP contribution in [-0.2, 0) is 19.4 Å². The quantitative estimate of drug-likeness (QED) is 0.443. The molecule has 3 aromatic rings. The van der Waals surface area contributed by atoms with Crippen LogP contribution in [-0.4, -0.2) is 76.7 Å². The van der Waals surface area contributed by atoms with Gasteiger partial charge in [0, 0.05) is 38.5 Å². The van der Waals surface area contributed by atoms with Gasteiger partial charge in [-0.05, 0) is 35.9 Å². The normalized spacial score (nSPS) is 16.3. The van der Waals surface area contributed by atoms with Gasteiger partial charge in [0.2, 0.25) is 6.79 Å². The van der Waals surface area contributed by atoms with E-state index in [4.69, 9.17) is 14.2 Å². The van der Waals surface area contributed by atoms with Gasteiger partial charge >= 0.3 is 0 Å². The van der Waals surface area contributed by atoms with Crippen LogP contribution in [0.4, 0.5) is 5.13 Å². The minimum Gasteiger partial charge on any atom is -0.454 e. The number of carbonyl (C=O) groups excluding carboxylic acids is 1.